The van der Waals surface area contributed by atoms with Gasteiger partial charge in [-0.2, -0.15) is 5.26 Å². The van der Waals surface area contributed by atoms with Gasteiger partial charge in [0, 0.05) is 24.6 Å². The smallest absolute Gasteiger partial charge is 0.186 e. The topological polar surface area (TPSA) is 62.5 Å². The van der Waals surface area contributed by atoms with Crippen LogP contribution in [-0.4, -0.2) is 31.2 Å². The van der Waals surface area contributed by atoms with Crippen LogP contribution in [0.4, 0.5) is 0 Å². The average Bonchev–Trinajstić information content (AvgIpc) is 2.43. The van der Waals surface area contributed by atoms with Crippen molar-refractivity contribution in [1.82, 2.24) is 0 Å². The summed E-state index contributed by atoms with van der Waals surface area (Å²) in [5.74, 6) is 0.830. The van der Waals surface area contributed by atoms with E-state index in [1.54, 1.807) is 6.07 Å². The maximum atomic E-state index is 12.1. The molecule has 0 fully saturated rings. The highest BCUT2D eigenvalue weighted by molar-refractivity contribution is 7.85. The summed E-state index contributed by atoms with van der Waals surface area (Å²) in [5.41, 5.74) is 1.86. The molecule has 6 heteroatoms. The standard InChI is InChI=1S/C14H18N2O2S.B/c1-5-19(17)14-8-11(13(9-15)16-18-4)6-7-12(14)10(2)3;/h6-8,10H,5H2,1-4H3;/b16-13+;. The Bertz CT molecular complexity index is 551. The van der Waals surface area contributed by atoms with E-state index < -0.39 is 10.8 Å². The van der Waals surface area contributed by atoms with E-state index in [0.29, 0.717) is 11.3 Å². The summed E-state index contributed by atoms with van der Waals surface area (Å²) >= 11 is 0. The molecule has 20 heavy (non-hydrogen) atoms. The van der Waals surface area contributed by atoms with Crippen molar-refractivity contribution in [2.45, 2.75) is 31.6 Å². The minimum atomic E-state index is -1.06. The fourth-order valence-corrected chi connectivity index (χ4v) is 2.88. The zero-order valence-electron chi connectivity index (χ0n) is 12.2. The Morgan fingerprint density at radius 2 is 2.15 bits per heavy atom. The minimum Gasteiger partial charge on any atom is -0.398 e. The van der Waals surface area contributed by atoms with Gasteiger partial charge in [-0.05, 0) is 17.5 Å². The molecule has 4 nitrogen and oxygen atoms in total. The van der Waals surface area contributed by atoms with Gasteiger partial charge in [-0.3, -0.25) is 4.21 Å². The molecule has 0 aromatic heterocycles. The first kappa shape index (κ1) is 18.4. The lowest BCUT2D eigenvalue weighted by molar-refractivity contribution is 0.214. The van der Waals surface area contributed by atoms with E-state index in [-0.39, 0.29) is 20.0 Å². The zero-order valence-corrected chi connectivity index (χ0v) is 13.0. The molecule has 0 heterocycles. The molecule has 1 aromatic rings. The molecule has 0 amide bonds. The van der Waals surface area contributed by atoms with Gasteiger partial charge in [0.15, 0.2) is 5.71 Å². The van der Waals surface area contributed by atoms with Crippen LogP contribution in [0.1, 0.15) is 37.8 Å². The fourth-order valence-electron chi connectivity index (χ4n) is 1.74. The van der Waals surface area contributed by atoms with Crippen LogP contribution >= 0.6 is 0 Å². The summed E-state index contributed by atoms with van der Waals surface area (Å²) < 4.78 is 12.1. The second kappa shape index (κ2) is 8.54. The largest absolute Gasteiger partial charge is 0.398 e. The lowest BCUT2D eigenvalue weighted by Gasteiger charge is -2.13. The van der Waals surface area contributed by atoms with Gasteiger partial charge in [0.1, 0.15) is 13.2 Å². The van der Waals surface area contributed by atoms with E-state index in [1.165, 1.54) is 7.11 Å². The molecule has 0 saturated heterocycles. The van der Waals surface area contributed by atoms with Gasteiger partial charge in [0.25, 0.3) is 0 Å². The first-order chi connectivity index (χ1) is 9.04. The number of hydrogen-bond acceptors (Lipinski definition) is 4. The van der Waals surface area contributed by atoms with E-state index in [4.69, 9.17) is 5.26 Å². The lowest BCUT2D eigenvalue weighted by atomic mass is 10.0. The molecule has 1 atom stereocenters. The van der Waals surface area contributed by atoms with Crippen LogP contribution in [0.2, 0.25) is 0 Å². The highest BCUT2D eigenvalue weighted by atomic mass is 32.2. The molecular formula is C14H18BN2O2S. The number of hydrogen-bond donors (Lipinski definition) is 0. The van der Waals surface area contributed by atoms with E-state index in [2.05, 4.69) is 23.8 Å². The Morgan fingerprint density at radius 3 is 2.60 bits per heavy atom. The molecule has 1 unspecified atom stereocenters. The summed E-state index contributed by atoms with van der Waals surface area (Å²) in [4.78, 5) is 5.42. The van der Waals surface area contributed by atoms with Crippen molar-refractivity contribution >= 4 is 24.9 Å². The molecule has 0 aliphatic rings. The van der Waals surface area contributed by atoms with Crippen LogP contribution < -0.4 is 0 Å². The average molecular weight is 289 g/mol. The van der Waals surface area contributed by atoms with Crippen LogP contribution in [0.25, 0.3) is 0 Å². The highest BCUT2D eigenvalue weighted by Gasteiger charge is 2.14. The molecular weight excluding hydrogens is 271 g/mol. The van der Waals surface area contributed by atoms with Gasteiger partial charge in [-0.1, -0.05) is 38.1 Å². The molecule has 0 aliphatic carbocycles. The maximum absolute atomic E-state index is 12.1. The molecule has 0 saturated carbocycles. The molecule has 105 valence electrons. The Labute approximate surface area is 124 Å². The number of nitrogens with zero attached hydrogens (tertiary/aromatic N) is 2. The van der Waals surface area contributed by atoms with E-state index in [9.17, 15) is 4.21 Å². The van der Waals surface area contributed by atoms with Gasteiger partial charge in [-0.25, -0.2) is 0 Å². The molecule has 0 aliphatic heterocycles. The van der Waals surface area contributed by atoms with Gasteiger partial charge >= 0.3 is 0 Å². The number of oxime groups is 1. The van der Waals surface area contributed by atoms with Gasteiger partial charge in [0.05, 0.1) is 10.8 Å². The van der Waals surface area contributed by atoms with Crippen LogP contribution in [0, 0.1) is 11.3 Å². The number of benzene rings is 1. The molecule has 1 aromatic carbocycles. The van der Waals surface area contributed by atoms with Crippen molar-refractivity contribution in [2.24, 2.45) is 5.16 Å². The van der Waals surface area contributed by atoms with Gasteiger partial charge in [-0.15, -0.1) is 0 Å². The third-order valence-corrected chi connectivity index (χ3v) is 4.07. The SMILES string of the molecule is CCS(=O)c1cc(/C(C#N)=N/OC)ccc1C(C)C.[B]. The predicted octanol–water partition coefficient (Wildman–Crippen LogP) is 2.43. The van der Waals surface area contributed by atoms with Crippen LogP contribution in [0.3, 0.4) is 0 Å². The third-order valence-electron chi connectivity index (χ3n) is 2.70. The van der Waals surface area contributed by atoms with Crippen molar-refractivity contribution < 1.29 is 9.05 Å². The summed E-state index contributed by atoms with van der Waals surface area (Å²) in [7, 11) is 0.333. The van der Waals surface area contributed by atoms with E-state index >= 15 is 0 Å². The Balaban J connectivity index is 0.00000361. The van der Waals surface area contributed by atoms with Gasteiger partial charge in [0.2, 0.25) is 0 Å². The highest BCUT2D eigenvalue weighted by Crippen LogP contribution is 2.24. The maximum Gasteiger partial charge on any atom is 0.186 e. The Morgan fingerprint density at radius 1 is 1.50 bits per heavy atom. The third kappa shape index (κ3) is 4.21. The molecule has 0 spiro atoms. The van der Waals surface area contributed by atoms with Crippen molar-refractivity contribution in [3.8, 4) is 6.07 Å². The second-order valence-corrected chi connectivity index (χ2v) is 5.98. The van der Waals surface area contributed by atoms with Crippen molar-refractivity contribution in [3.63, 3.8) is 0 Å². The summed E-state index contributed by atoms with van der Waals surface area (Å²) in [6.45, 7) is 5.99. The molecule has 0 N–H and O–H groups in total. The number of nitriles is 1. The van der Waals surface area contributed by atoms with Crippen molar-refractivity contribution in [1.29, 1.82) is 5.26 Å². The monoisotopic (exact) mass is 289 g/mol. The second-order valence-electron chi connectivity index (χ2n) is 4.28. The van der Waals surface area contributed by atoms with Crippen LogP contribution in [0.5, 0.6) is 0 Å². The first-order valence-corrected chi connectivity index (χ1v) is 7.40. The van der Waals surface area contributed by atoms with E-state index in [0.717, 1.165) is 10.5 Å². The van der Waals surface area contributed by atoms with Crippen LogP contribution in [0.15, 0.2) is 28.3 Å². The lowest BCUT2D eigenvalue weighted by Crippen LogP contribution is -2.05. The number of rotatable bonds is 5. The zero-order chi connectivity index (χ0) is 14.4. The van der Waals surface area contributed by atoms with Crippen LogP contribution in [-0.2, 0) is 15.6 Å². The Hall–Kier alpha value is -1.61. The van der Waals surface area contributed by atoms with Crippen molar-refractivity contribution in [2.75, 3.05) is 12.9 Å². The molecule has 3 radical (unpaired) electrons. The molecule has 0 bridgehead atoms. The fraction of sp³-hybridized carbons (Fsp3) is 0.429. The minimum absolute atomic E-state index is 0. The summed E-state index contributed by atoms with van der Waals surface area (Å²) in [6, 6.07) is 7.47. The first-order valence-electron chi connectivity index (χ1n) is 6.09. The van der Waals surface area contributed by atoms with E-state index in [1.807, 2.05) is 25.1 Å². The molecule has 1 rings (SSSR count). The Kier molecular flexibility index (Phi) is 7.86. The quantitative estimate of drug-likeness (QED) is 0.475. The normalized spacial score (nSPS) is 12.5. The summed E-state index contributed by atoms with van der Waals surface area (Å²) in [6.07, 6.45) is 0. The summed E-state index contributed by atoms with van der Waals surface area (Å²) in [5, 5.41) is 12.7. The predicted molar refractivity (Wildman–Crippen MR) is 82.4 cm³/mol. The van der Waals surface area contributed by atoms with Crippen molar-refractivity contribution in [3.05, 3.63) is 29.3 Å². The van der Waals surface area contributed by atoms with Gasteiger partial charge < -0.3 is 4.84 Å².